The number of hydrogen-bond acceptors (Lipinski definition) is 4. The first-order chi connectivity index (χ1) is 10.9. The van der Waals surface area contributed by atoms with E-state index in [2.05, 4.69) is 21.8 Å². The molecule has 0 radical (unpaired) electrons. The van der Waals surface area contributed by atoms with Crippen LogP contribution in [0.15, 0.2) is 0 Å². The summed E-state index contributed by atoms with van der Waals surface area (Å²) in [6.07, 6.45) is 4.17. The highest BCUT2D eigenvalue weighted by Gasteiger charge is 2.38. The van der Waals surface area contributed by atoms with E-state index in [9.17, 15) is 8.42 Å². The highest BCUT2D eigenvalue weighted by atomic mass is 32.2. The third-order valence-corrected chi connectivity index (χ3v) is 7.38. The summed E-state index contributed by atoms with van der Waals surface area (Å²) in [5.74, 6) is 1.30. The van der Waals surface area contributed by atoms with Gasteiger partial charge >= 0.3 is 0 Å². The number of hydrogen-bond donors (Lipinski definition) is 1. The second kappa shape index (κ2) is 6.53. The number of aryl methyl sites for hydroxylation is 2. The number of likely N-dealkylation sites (tertiary alicyclic amines) is 1. The molecule has 2 aliphatic rings. The van der Waals surface area contributed by atoms with Gasteiger partial charge in [-0.2, -0.15) is 4.31 Å². The van der Waals surface area contributed by atoms with Crippen molar-refractivity contribution >= 4 is 10.0 Å². The largest absolute Gasteiger partial charge is 0.345 e. The highest BCUT2D eigenvalue weighted by molar-refractivity contribution is 7.89. The van der Waals surface area contributed by atoms with Gasteiger partial charge in [0.15, 0.2) is 0 Å². The number of imidazole rings is 1. The molecule has 0 amide bonds. The van der Waals surface area contributed by atoms with Crippen molar-refractivity contribution in [2.75, 3.05) is 18.8 Å². The van der Waals surface area contributed by atoms with E-state index in [-0.39, 0.29) is 12.1 Å². The van der Waals surface area contributed by atoms with Crippen LogP contribution in [0.2, 0.25) is 0 Å². The molecular weight excluding hydrogens is 312 g/mol. The lowest BCUT2D eigenvalue weighted by Crippen LogP contribution is -2.52. The molecule has 23 heavy (non-hydrogen) atoms. The SMILES string of the molecule is Cc1nc(CN2CCCCC2C(C)N2CCCS2(=O)=O)[nH]c1C. The summed E-state index contributed by atoms with van der Waals surface area (Å²) < 4.78 is 26.2. The minimum Gasteiger partial charge on any atom is -0.345 e. The van der Waals surface area contributed by atoms with Crippen molar-refractivity contribution in [3.63, 3.8) is 0 Å². The average molecular weight is 340 g/mol. The van der Waals surface area contributed by atoms with E-state index < -0.39 is 10.0 Å². The maximum Gasteiger partial charge on any atom is 0.214 e. The molecule has 0 saturated carbocycles. The van der Waals surface area contributed by atoms with Gasteiger partial charge in [0.25, 0.3) is 0 Å². The number of H-pyrrole nitrogens is 1. The molecule has 0 bridgehead atoms. The summed E-state index contributed by atoms with van der Waals surface area (Å²) in [5.41, 5.74) is 2.16. The molecule has 0 spiro atoms. The van der Waals surface area contributed by atoms with Crippen LogP contribution in [0.1, 0.15) is 49.8 Å². The fourth-order valence-electron chi connectivity index (χ4n) is 3.96. The summed E-state index contributed by atoms with van der Waals surface area (Å²) in [7, 11) is -3.05. The normalized spacial score (nSPS) is 27.3. The molecule has 2 unspecified atom stereocenters. The van der Waals surface area contributed by atoms with Gasteiger partial charge in [0.2, 0.25) is 10.0 Å². The average Bonchev–Trinajstić information content (AvgIpc) is 3.01. The molecule has 2 aliphatic heterocycles. The van der Waals surface area contributed by atoms with Gasteiger partial charge in [-0.05, 0) is 46.6 Å². The van der Waals surface area contributed by atoms with Gasteiger partial charge < -0.3 is 4.98 Å². The number of nitrogens with zero attached hydrogens (tertiary/aromatic N) is 3. The molecule has 2 fully saturated rings. The van der Waals surface area contributed by atoms with Crippen LogP contribution in [0.5, 0.6) is 0 Å². The first kappa shape index (κ1) is 16.9. The van der Waals surface area contributed by atoms with E-state index in [0.29, 0.717) is 12.3 Å². The summed E-state index contributed by atoms with van der Waals surface area (Å²) in [5, 5.41) is 0. The predicted molar refractivity (Wildman–Crippen MR) is 90.7 cm³/mol. The van der Waals surface area contributed by atoms with Crippen molar-refractivity contribution in [3.05, 3.63) is 17.2 Å². The Balaban J connectivity index is 1.75. The van der Waals surface area contributed by atoms with Crippen molar-refractivity contribution in [2.24, 2.45) is 0 Å². The standard InChI is InChI=1S/C16H28N4O2S/c1-12-13(2)18-16(17-12)11-19-8-5-4-7-15(19)14(3)20-9-6-10-23(20,21)22/h14-15H,4-11H2,1-3H3,(H,17,18). The third-order valence-electron chi connectivity index (χ3n) is 5.34. The van der Waals surface area contributed by atoms with E-state index in [1.54, 1.807) is 4.31 Å². The zero-order valence-corrected chi connectivity index (χ0v) is 15.2. The number of nitrogens with one attached hydrogen (secondary N) is 1. The van der Waals surface area contributed by atoms with Crippen LogP contribution < -0.4 is 0 Å². The molecule has 130 valence electrons. The van der Waals surface area contributed by atoms with Crippen LogP contribution in [-0.2, 0) is 16.6 Å². The molecule has 2 atom stereocenters. The molecule has 7 heteroatoms. The van der Waals surface area contributed by atoms with E-state index in [0.717, 1.165) is 43.1 Å². The second-order valence-electron chi connectivity index (χ2n) is 6.95. The number of piperidine rings is 1. The predicted octanol–water partition coefficient (Wildman–Crippen LogP) is 1.81. The van der Waals surface area contributed by atoms with Gasteiger partial charge in [-0.25, -0.2) is 13.4 Å². The molecule has 3 rings (SSSR count). The number of rotatable bonds is 4. The van der Waals surface area contributed by atoms with Crippen molar-refractivity contribution in [3.8, 4) is 0 Å². The summed E-state index contributed by atoms with van der Waals surface area (Å²) >= 11 is 0. The molecule has 0 aromatic carbocycles. The lowest BCUT2D eigenvalue weighted by Gasteiger charge is -2.41. The Morgan fingerprint density at radius 1 is 1.26 bits per heavy atom. The Labute approximate surface area is 139 Å². The van der Waals surface area contributed by atoms with E-state index in [4.69, 9.17) is 0 Å². The Hall–Kier alpha value is -0.920. The number of aromatic amines is 1. The maximum absolute atomic E-state index is 12.2. The lowest BCUT2D eigenvalue weighted by atomic mass is 9.96. The topological polar surface area (TPSA) is 69.3 Å². The van der Waals surface area contributed by atoms with Crippen LogP contribution in [0.25, 0.3) is 0 Å². The van der Waals surface area contributed by atoms with Gasteiger partial charge in [0.1, 0.15) is 5.82 Å². The van der Waals surface area contributed by atoms with Crippen LogP contribution in [-0.4, -0.2) is 58.5 Å². The van der Waals surface area contributed by atoms with Gasteiger partial charge in [-0.3, -0.25) is 4.90 Å². The fourth-order valence-corrected chi connectivity index (χ4v) is 5.74. The third kappa shape index (κ3) is 3.46. The molecule has 1 N–H and O–H groups in total. The Morgan fingerprint density at radius 2 is 2.04 bits per heavy atom. The van der Waals surface area contributed by atoms with Gasteiger partial charge in [0.05, 0.1) is 18.0 Å². The highest BCUT2D eigenvalue weighted by Crippen LogP contribution is 2.28. The second-order valence-corrected chi connectivity index (χ2v) is 8.99. The number of sulfonamides is 1. The van der Waals surface area contributed by atoms with E-state index in [1.165, 1.54) is 12.8 Å². The molecular formula is C16H28N4O2S. The minimum atomic E-state index is -3.05. The van der Waals surface area contributed by atoms with E-state index in [1.807, 2.05) is 13.8 Å². The van der Waals surface area contributed by atoms with Gasteiger partial charge in [0, 0.05) is 24.3 Å². The molecule has 1 aromatic heterocycles. The zero-order chi connectivity index (χ0) is 16.6. The number of aromatic nitrogens is 2. The lowest BCUT2D eigenvalue weighted by molar-refractivity contribution is 0.0860. The molecule has 6 nitrogen and oxygen atoms in total. The zero-order valence-electron chi connectivity index (χ0n) is 14.4. The quantitative estimate of drug-likeness (QED) is 0.907. The minimum absolute atomic E-state index is 0.0416. The molecule has 3 heterocycles. The van der Waals surface area contributed by atoms with Crippen molar-refractivity contribution < 1.29 is 8.42 Å². The first-order valence-corrected chi connectivity index (χ1v) is 10.2. The summed E-state index contributed by atoms with van der Waals surface area (Å²) in [6.45, 7) is 8.60. The monoisotopic (exact) mass is 340 g/mol. The first-order valence-electron chi connectivity index (χ1n) is 8.64. The smallest absolute Gasteiger partial charge is 0.214 e. The van der Waals surface area contributed by atoms with Crippen molar-refractivity contribution in [1.82, 2.24) is 19.2 Å². The van der Waals surface area contributed by atoms with E-state index >= 15 is 0 Å². The Kier molecular flexibility index (Phi) is 4.80. The fraction of sp³-hybridized carbons (Fsp3) is 0.812. The summed E-state index contributed by atoms with van der Waals surface area (Å²) in [6, 6.07) is 0.322. The molecule has 2 saturated heterocycles. The van der Waals surface area contributed by atoms with Gasteiger partial charge in [-0.1, -0.05) is 6.42 Å². The van der Waals surface area contributed by atoms with Crippen LogP contribution >= 0.6 is 0 Å². The van der Waals surface area contributed by atoms with Crippen LogP contribution in [0.4, 0.5) is 0 Å². The molecule has 0 aliphatic carbocycles. The van der Waals surface area contributed by atoms with Gasteiger partial charge in [-0.15, -0.1) is 0 Å². The molecule has 1 aromatic rings. The van der Waals surface area contributed by atoms with Crippen molar-refractivity contribution in [2.45, 2.75) is 65.1 Å². The van der Waals surface area contributed by atoms with Crippen LogP contribution in [0, 0.1) is 13.8 Å². The maximum atomic E-state index is 12.2. The van der Waals surface area contributed by atoms with Crippen molar-refractivity contribution in [1.29, 1.82) is 0 Å². The Bertz CT molecular complexity index is 636. The Morgan fingerprint density at radius 3 is 2.65 bits per heavy atom. The van der Waals surface area contributed by atoms with Crippen LogP contribution in [0.3, 0.4) is 0 Å². The summed E-state index contributed by atoms with van der Waals surface area (Å²) in [4.78, 5) is 10.4.